The third-order valence-corrected chi connectivity index (χ3v) is 3.69. The SMILES string of the molecule is CC(C)(C)NCC(O)COc1ccc(C2=NNC(=O)CC2)cc1[N+](=O)[O-]. The van der Waals surface area contributed by atoms with Gasteiger partial charge in [-0.25, -0.2) is 5.43 Å². The Kier molecular flexibility index (Phi) is 6.27. The molecule has 0 bridgehead atoms. The van der Waals surface area contributed by atoms with Crippen molar-refractivity contribution in [3.63, 3.8) is 0 Å². The fourth-order valence-electron chi connectivity index (χ4n) is 2.31. The number of ether oxygens (including phenoxy) is 1. The molecular formula is C17H24N4O5. The molecule has 142 valence electrons. The van der Waals surface area contributed by atoms with Crippen molar-refractivity contribution in [3.05, 3.63) is 33.9 Å². The Morgan fingerprint density at radius 2 is 2.15 bits per heavy atom. The minimum absolute atomic E-state index is 0.0692. The average molecular weight is 364 g/mol. The Morgan fingerprint density at radius 3 is 2.73 bits per heavy atom. The minimum atomic E-state index is -0.800. The van der Waals surface area contributed by atoms with Gasteiger partial charge < -0.3 is 15.2 Å². The molecule has 0 aromatic heterocycles. The van der Waals surface area contributed by atoms with Gasteiger partial charge in [-0.2, -0.15) is 5.10 Å². The second-order valence-electron chi connectivity index (χ2n) is 7.13. The normalized spacial score (nSPS) is 15.8. The van der Waals surface area contributed by atoms with Crippen LogP contribution in [0.4, 0.5) is 5.69 Å². The lowest BCUT2D eigenvalue weighted by atomic mass is 10.0. The molecule has 3 N–H and O–H groups in total. The van der Waals surface area contributed by atoms with Gasteiger partial charge in [0.2, 0.25) is 5.91 Å². The lowest BCUT2D eigenvalue weighted by molar-refractivity contribution is -0.385. The number of nitrogens with one attached hydrogen (secondary N) is 2. The largest absolute Gasteiger partial charge is 0.484 e. The maximum absolute atomic E-state index is 11.4. The first-order valence-corrected chi connectivity index (χ1v) is 8.36. The van der Waals surface area contributed by atoms with Gasteiger partial charge in [0.1, 0.15) is 12.7 Å². The number of carbonyl (C=O) groups excluding carboxylic acids is 1. The highest BCUT2D eigenvalue weighted by atomic mass is 16.6. The molecule has 9 heteroatoms. The van der Waals surface area contributed by atoms with Gasteiger partial charge >= 0.3 is 5.69 Å². The highest BCUT2D eigenvalue weighted by molar-refractivity contribution is 6.04. The van der Waals surface area contributed by atoms with Crippen LogP contribution in [0.1, 0.15) is 39.2 Å². The van der Waals surface area contributed by atoms with E-state index in [4.69, 9.17) is 4.74 Å². The molecule has 0 aliphatic carbocycles. The van der Waals surface area contributed by atoms with E-state index in [1.54, 1.807) is 6.07 Å². The Labute approximate surface area is 151 Å². The van der Waals surface area contributed by atoms with Crippen LogP contribution in [0.3, 0.4) is 0 Å². The fraction of sp³-hybridized carbons (Fsp3) is 0.529. The summed E-state index contributed by atoms with van der Waals surface area (Å²) >= 11 is 0. The Bertz CT molecular complexity index is 712. The lowest BCUT2D eigenvalue weighted by Crippen LogP contribution is -2.42. The van der Waals surface area contributed by atoms with Crippen molar-refractivity contribution in [2.45, 2.75) is 45.3 Å². The monoisotopic (exact) mass is 364 g/mol. The minimum Gasteiger partial charge on any atom is -0.484 e. The van der Waals surface area contributed by atoms with Crippen molar-refractivity contribution in [3.8, 4) is 5.75 Å². The molecule has 1 unspecified atom stereocenters. The number of rotatable bonds is 7. The molecule has 1 heterocycles. The predicted octanol–water partition coefficient (Wildman–Crippen LogP) is 1.34. The number of amides is 1. The average Bonchev–Trinajstić information content (AvgIpc) is 2.58. The predicted molar refractivity (Wildman–Crippen MR) is 96.3 cm³/mol. The molecule has 0 fully saturated rings. The standard InChI is InChI=1S/C17H24N4O5/c1-17(2,3)18-9-12(22)10-26-15-6-4-11(8-14(15)21(24)25)13-5-7-16(23)20-19-13/h4,6,8,12,18,22H,5,7,9-10H2,1-3H3,(H,20,23). The van der Waals surface area contributed by atoms with Crippen LogP contribution in [0, 0.1) is 10.1 Å². The molecule has 1 aliphatic heterocycles. The second kappa shape index (κ2) is 8.24. The maximum Gasteiger partial charge on any atom is 0.311 e. The van der Waals surface area contributed by atoms with Crippen molar-refractivity contribution in [1.82, 2.24) is 10.7 Å². The Hall–Kier alpha value is -2.52. The van der Waals surface area contributed by atoms with Crippen LogP contribution < -0.4 is 15.5 Å². The number of hydrazone groups is 1. The van der Waals surface area contributed by atoms with Gasteiger partial charge in [0.25, 0.3) is 0 Å². The molecule has 0 radical (unpaired) electrons. The van der Waals surface area contributed by atoms with E-state index in [2.05, 4.69) is 15.8 Å². The molecule has 1 aliphatic rings. The zero-order chi connectivity index (χ0) is 19.3. The number of benzene rings is 1. The quantitative estimate of drug-likeness (QED) is 0.495. The van der Waals surface area contributed by atoms with Crippen LogP contribution in [-0.4, -0.2) is 46.4 Å². The summed E-state index contributed by atoms with van der Waals surface area (Å²) in [6, 6.07) is 4.50. The molecule has 1 atom stereocenters. The first-order chi connectivity index (χ1) is 12.2. The topological polar surface area (TPSA) is 126 Å². The summed E-state index contributed by atoms with van der Waals surface area (Å²) in [5.74, 6) is -0.102. The first kappa shape index (κ1) is 19.8. The number of β-amino-alcohol motifs (C(OH)–C–C–N with tert-alkyl or cyclic N) is 1. The number of carbonyl (C=O) groups is 1. The maximum atomic E-state index is 11.4. The lowest BCUT2D eigenvalue weighted by Gasteiger charge is -2.23. The van der Waals surface area contributed by atoms with Crippen LogP contribution in [0.25, 0.3) is 0 Å². The third kappa shape index (κ3) is 5.78. The van der Waals surface area contributed by atoms with Gasteiger partial charge in [-0.3, -0.25) is 14.9 Å². The zero-order valence-electron chi connectivity index (χ0n) is 15.1. The number of hydrogen-bond acceptors (Lipinski definition) is 7. The van der Waals surface area contributed by atoms with Crippen LogP contribution in [0.15, 0.2) is 23.3 Å². The van der Waals surface area contributed by atoms with Gasteiger partial charge in [-0.15, -0.1) is 0 Å². The summed E-state index contributed by atoms with van der Waals surface area (Å²) in [5, 5.41) is 28.4. The number of nitro groups is 1. The molecule has 0 spiro atoms. The number of nitro benzene ring substituents is 1. The van der Waals surface area contributed by atoms with Crippen molar-refractivity contribution in [1.29, 1.82) is 0 Å². The van der Waals surface area contributed by atoms with Crippen molar-refractivity contribution in [2.24, 2.45) is 5.10 Å². The molecule has 1 aromatic rings. The third-order valence-electron chi connectivity index (χ3n) is 3.69. The van der Waals surface area contributed by atoms with E-state index in [9.17, 15) is 20.0 Å². The summed E-state index contributed by atoms with van der Waals surface area (Å²) in [6.45, 7) is 6.16. The molecule has 0 saturated carbocycles. The summed E-state index contributed by atoms with van der Waals surface area (Å²) < 4.78 is 5.44. The summed E-state index contributed by atoms with van der Waals surface area (Å²) in [7, 11) is 0. The van der Waals surface area contributed by atoms with Gasteiger partial charge in [-0.1, -0.05) is 0 Å². The van der Waals surface area contributed by atoms with E-state index >= 15 is 0 Å². The van der Waals surface area contributed by atoms with E-state index in [-0.39, 0.29) is 35.9 Å². The molecule has 0 saturated heterocycles. The first-order valence-electron chi connectivity index (χ1n) is 8.36. The highest BCUT2D eigenvalue weighted by Gasteiger charge is 2.21. The molecule has 9 nitrogen and oxygen atoms in total. The van der Waals surface area contributed by atoms with Gasteiger partial charge in [-0.05, 0) is 32.9 Å². The van der Waals surface area contributed by atoms with Crippen LogP contribution in [0.2, 0.25) is 0 Å². The molecule has 26 heavy (non-hydrogen) atoms. The summed E-state index contributed by atoms with van der Waals surface area (Å²) in [5.41, 5.74) is 3.14. The molecular weight excluding hydrogens is 340 g/mol. The zero-order valence-corrected chi connectivity index (χ0v) is 15.1. The number of hydrogen-bond donors (Lipinski definition) is 3. The summed E-state index contributed by atoms with van der Waals surface area (Å²) in [6.07, 6.45) is -0.0930. The van der Waals surface area contributed by atoms with E-state index in [0.717, 1.165) is 0 Å². The van der Waals surface area contributed by atoms with E-state index in [1.165, 1.54) is 12.1 Å². The van der Waals surface area contributed by atoms with Gasteiger partial charge in [0.05, 0.1) is 10.6 Å². The summed E-state index contributed by atoms with van der Waals surface area (Å²) in [4.78, 5) is 22.0. The molecule has 2 rings (SSSR count). The van der Waals surface area contributed by atoms with Gasteiger partial charge in [0, 0.05) is 36.6 Å². The van der Waals surface area contributed by atoms with Crippen LogP contribution in [0.5, 0.6) is 5.75 Å². The number of aliphatic hydroxyl groups excluding tert-OH is 1. The number of nitrogens with zero attached hydrogens (tertiary/aromatic N) is 2. The smallest absolute Gasteiger partial charge is 0.311 e. The fourth-order valence-corrected chi connectivity index (χ4v) is 2.31. The molecule has 1 amide bonds. The Balaban J connectivity index is 2.07. The second-order valence-corrected chi connectivity index (χ2v) is 7.13. The van der Waals surface area contributed by atoms with Crippen LogP contribution in [-0.2, 0) is 4.79 Å². The molecule has 1 aromatic carbocycles. The van der Waals surface area contributed by atoms with Crippen molar-refractivity contribution >= 4 is 17.3 Å². The van der Waals surface area contributed by atoms with E-state index in [0.29, 0.717) is 24.2 Å². The van der Waals surface area contributed by atoms with E-state index < -0.39 is 11.0 Å². The van der Waals surface area contributed by atoms with Crippen molar-refractivity contribution in [2.75, 3.05) is 13.2 Å². The van der Waals surface area contributed by atoms with E-state index in [1.807, 2.05) is 20.8 Å². The van der Waals surface area contributed by atoms with Crippen molar-refractivity contribution < 1.29 is 19.6 Å². The Morgan fingerprint density at radius 1 is 1.42 bits per heavy atom. The highest BCUT2D eigenvalue weighted by Crippen LogP contribution is 2.29. The van der Waals surface area contributed by atoms with Crippen LogP contribution >= 0.6 is 0 Å². The number of aliphatic hydroxyl groups is 1. The van der Waals surface area contributed by atoms with Gasteiger partial charge in [0.15, 0.2) is 5.75 Å².